The zero-order chi connectivity index (χ0) is 14.8. The third-order valence-electron chi connectivity index (χ3n) is 2.83. The minimum Gasteiger partial charge on any atom is -0.457 e. The molecule has 106 valence electrons. The molecule has 5 heteroatoms. The molecule has 2 N–H and O–H groups in total. The topological polar surface area (TPSA) is 35.2 Å². The van der Waals surface area contributed by atoms with E-state index in [1.807, 2.05) is 19.1 Å². The normalized spacial score (nSPS) is 11.4. The van der Waals surface area contributed by atoms with Crippen molar-refractivity contribution in [2.24, 2.45) is 5.73 Å². The van der Waals surface area contributed by atoms with Crippen LogP contribution in [-0.4, -0.2) is 0 Å². The van der Waals surface area contributed by atoms with Crippen molar-refractivity contribution in [3.05, 3.63) is 59.2 Å². The number of hydrogen-bond acceptors (Lipinski definition) is 2. The first-order valence-corrected chi connectivity index (χ1v) is 6.05. The summed E-state index contributed by atoms with van der Waals surface area (Å²) in [6.07, 6.45) is -4.41. The number of rotatable bonds is 3. The summed E-state index contributed by atoms with van der Waals surface area (Å²) < 4.78 is 43.8. The maximum absolute atomic E-state index is 12.8. The van der Waals surface area contributed by atoms with Crippen LogP contribution in [0.2, 0.25) is 0 Å². The zero-order valence-corrected chi connectivity index (χ0v) is 10.9. The van der Waals surface area contributed by atoms with Gasteiger partial charge >= 0.3 is 6.18 Å². The van der Waals surface area contributed by atoms with Gasteiger partial charge < -0.3 is 10.5 Å². The van der Waals surface area contributed by atoms with Crippen LogP contribution < -0.4 is 10.5 Å². The van der Waals surface area contributed by atoms with Crippen molar-refractivity contribution < 1.29 is 17.9 Å². The number of aryl methyl sites for hydroxylation is 1. The van der Waals surface area contributed by atoms with Gasteiger partial charge in [-0.15, -0.1) is 0 Å². The highest BCUT2D eigenvalue weighted by Crippen LogP contribution is 2.34. The number of ether oxygens (including phenoxy) is 1. The predicted molar refractivity (Wildman–Crippen MR) is 70.6 cm³/mol. The first-order valence-electron chi connectivity index (χ1n) is 6.05. The molecule has 0 aliphatic heterocycles. The zero-order valence-electron chi connectivity index (χ0n) is 10.9. The highest BCUT2D eigenvalue weighted by molar-refractivity contribution is 5.40. The lowest BCUT2D eigenvalue weighted by molar-refractivity contribution is -0.138. The molecule has 0 spiro atoms. The fraction of sp³-hybridized carbons (Fsp3) is 0.200. The molecule has 20 heavy (non-hydrogen) atoms. The largest absolute Gasteiger partial charge is 0.457 e. The molecule has 0 atom stereocenters. The quantitative estimate of drug-likeness (QED) is 0.912. The van der Waals surface area contributed by atoms with Gasteiger partial charge in [-0.25, -0.2) is 0 Å². The van der Waals surface area contributed by atoms with E-state index in [1.54, 1.807) is 12.1 Å². The Morgan fingerprint density at radius 3 is 2.35 bits per heavy atom. The van der Waals surface area contributed by atoms with E-state index in [0.717, 1.165) is 11.6 Å². The summed E-state index contributed by atoms with van der Waals surface area (Å²) in [5.74, 6) is 0.914. The average molecular weight is 281 g/mol. The molecule has 0 aromatic heterocycles. The minimum absolute atomic E-state index is 0.0163. The maximum atomic E-state index is 12.8. The summed E-state index contributed by atoms with van der Waals surface area (Å²) in [5.41, 5.74) is 5.68. The van der Waals surface area contributed by atoms with Crippen LogP contribution in [-0.2, 0) is 12.7 Å². The van der Waals surface area contributed by atoms with E-state index in [1.165, 1.54) is 12.1 Å². The van der Waals surface area contributed by atoms with Gasteiger partial charge in [-0.1, -0.05) is 12.1 Å². The van der Waals surface area contributed by atoms with Crippen LogP contribution in [0.15, 0.2) is 42.5 Å². The molecule has 0 amide bonds. The van der Waals surface area contributed by atoms with E-state index in [9.17, 15) is 13.2 Å². The van der Waals surface area contributed by atoms with Crippen molar-refractivity contribution in [1.29, 1.82) is 0 Å². The van der Waals surface area contributed by atoms with E-state index >= 15 is 0 Å². The number of benzene rings is 2. The predicted octanol–water partition coefficient (Wildman–Crippen LogP) is 4.26. The second-order valence-corrected chi connectivity index (χ2v) is 4.44. The van der Waals surface area contributed by atoms with Gasteiger partial charge in [0, 0.05) is 6.54 Å². The van der Waals surface area contributed by atoms with Gasteiger partial charge in [0.2, 0.25) is 0 Å². The van der Waals surface area contributed by atoms with Gasteiger partial charge in [0.25, 0.3) is 0 Å². The fourth-order valence-electron chi connectivity index (χ4n) is 1.89. The van der Waals surface area contributed by atoms with E-state index < -0.39 is 11.7 Å². The summed E-state index contributed by atoms with van der Waals surface area (Å²) in [7, 11) is 0. The number of alkyl halides is 3. The molecule has 0 heterocycles. The van der Waals surface area contributed by atoms with Crippen molar-refractivity contribution in [2.75, 3.05) is 0 Å². The summed E-state index contributed by atoms with van der Waals surface area (Å²) in [6, 6.07) is 10.9. The molecule has 2 aromatic carbocycles. The smallest absolute Gasteiger partial charge is 0.416 e. The summed E-state index contributed by atoms with van der Waals surface area (Å²) in [6.45, 7) is 1.71. The van der Waals surface area contributed by atoms with Gasteiger partial charge in [0.15, 0.2) is 0 Å². The molecular formula is C15H14F3NO. The fourth-order valence-corrected chi connectivity index (χ4v) is 1.89. The molecule has 2 aromatic rings. The van der Waals surface area contributed by atoms with E-state index in [-0.39, 0.29) is 12.1 Å². The molecular weight excluding hydrogens is 267 g/mol. The van der Waals surface area contributed by atoms with E-state index in [4.69, 9.17) is 10.5 Å². The lowest BCUT2D eigenvalue weighted by atomic mass is 10.1. The minimum atomic E-state index is -4.41. The Morgan fingerprint density at radius 2 is 1.75 bits per heavy atom. The summed E-state index contributed by atoms with van der Waals surface area (Å²) >= 11 is 0. The van der Waals surface area contributed by atoms with Crippen molar-refractivity contribution in [1.82, 2.24) is 0 Å². The van der Waals surface area contributed by atoms with Crippen molar-refractivity contribution in [3.8, 4) is 11.5 Å². The molecule has 0 bridgehead atoms. The number of halogens is 3. The third kappa shape index (κ3) is 3.30. The Morgan fingerprint density at radius 1 is 1.05 bits per heavy atom. The Kier molecular flexibility index (Phi) is 3.99. The second kappa shape index (κ2) is 5.54. The Hall–Kier alpha value is -2.01. The van der Waals surface area contributed by atoms with Gasteiger partial charge in [-0.3, -0.25) is 0 Å². The van der Waals surface area contributed by atoms with Gasteiger partial charge in [0.1, 0.15) is 11.5 Å². The molecule has 0 saturated heterocycles. The molecule has 0 aliphatic carbocycles. The number of nitrogens with two attached hydrogens (primary N) is 1. The molecule has 0 saturated carbocycles. The summed E-state index contributed by atoms with van der Waals surface area (Å²) in [5, 5.41) is 0. The molecule has 0 fully saturated rings. The SMILES string of the molecule is Cc1cccc(Oc2ccc(C(F)(F)F)c(CN)c2)c1. The molecule has 0 unspecified atom stereocenters. The molecule has 2 nitrogen and oxygen atoms in total. The van der Waals surface area contributed by atoms with Gasteiger partial charge in [-0.2, -0.15) is 13.2 Å². The van der Waals surface area contributed by atoms with Crippen molar-refractivity contribution in [3.63, 3.8) is 0 Å². The lowest BCUT2D eigenvalue weighted by Crippen LogP contribution is -2.11. The van der Waals surface area contributed by atoms with Crippen molar-refractivity contribution in [2.45, 2.75) is 19.6 Å². The molecule has 0 radical (unpaired) electrons. The van der Waals surface area contributed by atoms with Crippen LogP contribution in [0.1, 0.15) is 16.7 Å². The monoisotopic (exact) mass is 281 g/mol. The van der Waals surface area contributed by atoms with Crippen LogP contribution in [0, 0.1) is 6.92 Å². The van der Waals surface area contributed by atoms with Crippen LogP contribution in [0.3, 0.4) is 0 Å². The Labute approximate surface area is 115 Å². The van der Waals surface area contributed by atoms with Crippen molar-refractivity contribution >= 4 is 0 Å². The Bertz CT molecular complexity index is 608. The second-order valence-electron chi connectivity index (χ2n) is 4.44. The first-order chi connectivity index (χ1) is 9.40. The van der Waals surface area contributed by atoms with Gasteiger partial charge in [-0.05, 0) is 48.4 Å². The van der Waals surface area contributed by atoms with E-state index in [2.05, 4.69) is 0 Å². The highest BCUT2D eigenvalue weighted by Gasteiger charge is 2.33. The van der Waals surface area contributed by atoms with E-state index in [0.29, 0.717) is 11.5 Å². The third-order valence-corrected chi connectivity index (χ3v) is 2.83. The van der Waals surface area contributed by atoms with Crippen LogP contribution >= 0.6 is 0 Å². The maximum Gasteiger partial charge on any atom is 0.416 e. The molecule has 0 aliphatic rings. The van der Waals surface area contributed by atoms with Gasteiger partial charge in [0.05, 0.1) is 5.56 Å². The van der Waals surface area contributed by atoms with Crippen LogP contribution in [0.25, 0.3) is 0 Å². The average Bonchev–Trinajstić information content (AvgIpc) is 2.37. The molecule has 2 rings (SSSR count). The number of hydrogen-bond donors (Lipinski definition) is 1. The Balaban J connectivity index is 2.30. The van der Waals surface area contributed by atoms with Crippen LogP contribution in [0.4, 0.5) is 13.2 Å². The standard InChI is InChI=1S/C15H14F3NO/c1-10-3-2-4-12(7-10)20-13-5-6-14(15(16,17)18)11(8-13)9-19/h2-8H,9,19H2,1H3. The lowest BCUT2D eigenvalue weighted by Gasteiger charge is -2.13. The summed E-state index contributed by atoms with van der Waals surface area (Å²) in [4.78, 5) is 0. The highest BCUT2D eigenvalue weighted by atomic mass is 19.4. The first kappa shape index (κ1) is 14.4. The van der Waals surface area contributed by atoms with Crippen LogP contribution in [0.5, 0.6) is 11.5 Å².